The maximum absolute atomic E-state index is 10.7. The van der Waals surface area contributed by atoms with Gasteiger partial charge in [0.25, 0.3) is 0 Å². The standard InChI is InChI=1S/C5H11NO4S2.Na.H/c1-5(6-11)2-3-12(8,9)10-4-7;;/h4-6,11H,2-3H2,1H3;;/q;+1;-1. The summed E-state index contributed by atoms with van der Waals surface area (Å²) < 4.78 is 27.9. The third kappa shape index (κ3) is 9.04. The summed E-state index contributed by atoms with van der Waals surface area (Å²) in [6, 6.07) is -0.0432. The molecule has 1 N–H and O–H groups in total. The fraction of sp³-hybridized carbons (Fsp3) is 0.800. The molecule has 74 valence electrons. The third-order valence-corrected chi connectivity index (χ3v) is 2.76. The Morgan fingerprint density at radius 2 is 2.23 bits per heavy atom. The van der Waals surface area contributed by atoms with Gasteiger partial charge < -0.3 is 5.61 Å². The van der Waals surface area contributed by atoms with E-state index in [1.165, 1.54) is 0 Å². The zero-order valence-corrected chi connectivity index (χ0v) is 11.3. The monoisotopic (exact) mass is 237 g/mol. The van der Waals surface area contributed by atoms with Gasteiger partial charge in [-0.1, -0.05) is 12.8 Å². The van der Waals surface area contributed by atoms with Gasteiger partial charge in [0.15, 0.2) is 0 Å². The number of thiol groups is 1. The maximum Gasteiger partial charge on any atom is 1.00 e. The largest absolute Gasteiger partial charge is 1.00 e. The van der Waals surface area contributed by atoms with Crippen LogP contribution >= 0.6 is 12.8 Å². The molecule has 1 unspecified atom stereocenters. The van der Waals surface area contributed by atoms with Crippen molar-refractivity contribution in [3.8, 4) is 0 Å². The molecule has 0 saturated carbocycles. The zero-order valence-electron chi connectivity index (χ0n) is 8.56. The van der Waals surface area contributed by atoms with Gasteiger partial charge >= 0.3 is 46.1 Å². The Morgan fingerprint density at radius 3 is 2.62 bits per heavy atom. The summed E-state index contributed by atoms with van der Waals surface area (Å²) in [5.74, 6) is -0.194. The molecule has 0 fully saturated rings. The molecule has 0 bridgehead atoms. The first-order chi connectivity index (χ1) is 5.52. The van der Waals surface area contributed by atoms with E-state index in [2.05, 4.69) is 21.7 Å². The van der Waals surface area contributed by atoms with E-state index in [0.29, 0.717) is 6.42 Å². The summed E-state index contributed by atoms with van der Waals surface area (Å²) in [6.45, 7) is 1.68. The smallest absolute Gasteiger partial charge is 1.00 e. The molecule has 8 heteroatoms. The van der Waals surface area contributed by atoms with Crippen molar-refractivity contribution in [2.24, 2.45) is 0 Å². The van der Waals surface area contributed by atoms with Crippen LogP contribution in [0.5, 0.6) is 0 Å². The Labute approximate surface area is 107 Å². The molecule has 0 amide bonds. The minimum atomic E-state index is -3.68. The van der Waals surface area contributed by atoms with Crippen molar-refractivity contribution in [2.75, 3.05) is 5.75 Å². The van der Waals surface area contributed by atoms with E-state index >= 15 is 0 Å². The molecule has 0 aromatic heterocycles. The van der Waals surface area contributed by atoms with E-state index in [0.717, 1.165) is 0 Å². The van der Waals surface area contributed by atoms with Crippen LogP contribution in [-0.4, -0.2) is 26.7 Å². The molecule has 0 aromatic carbocycles. The van der Waals surface area contributed by atoms with Crippen LogP contribution in [0.2, 0.25) is 0 Å². The summed E-state index contributed by atoms with van der Waals surface area (Å²) in [7, 11) is -3.68. The van der Waals surface area contributed by atoms with E-state index in [-0.39, 0.29) is 49.3 Å². The van der Waals surface area contributed by atoms with Crippen LogP contribution in [0.25, 0.3) is 0 Å². The molecule has 5 nitrogen and oxygen atoms in total. The zero-order chi connectivity index (χ0) is 9.61. The average Bonchev–Trinajstić information content (AvgIpc) is 2.00. The molecule has 0 rings (SSSR count). The average molecular weight is 237 g/mol. The summed E-state index contributed by atoms with van der Waals surface area (Å²) in [6.07, 6.45) is 0.347. The van der Waals surface area contributed by atoms with Crippen LogP contribution in [0, 0.1) is 0 Å². The van der Waals surface area contributed by atoms with Gasteiger partial charge in [0, 0.05) is 6.04 Å². The van der Waals surface area contributed by atoms with E-state index in [4.69, 9.17) is 0 Å². The number of hydrogen-bond acceptors (Lipinski definition) is 6. The van der Waals surface area contributed by atoms with Crippen LogP contribution in [0.15, 0.2) is 0 Å². The summed E-state index contributed by atoms with van der Waals surface area (Å²) in [5, 5.41) is 0. The first kappa shape index (κ1) is 16.2. The van der Waals surface area contributed by atoms with Crippen molar-refractivity contribution >= 4 is 29.4 Å². The summed E-state index contributed by atoms with van der Waals surface area (Å²) in [4.78, 5) is 9.70. The Hall–Kier alpha value is 0.730. The van der Waals surface area contributed by atoms with Crippen molar-refractivity contribution in [1.82, 2.24) is 4.72 Å². The fourth-order valence-corrected chi connectivity index (χ4v) is 1.48. The number of hydrogen-bond donors (Lipinski definition) is 2. The Kier molecular flexibility index (Phi) is 10.0. The molecule has 0 saturated heterocycles. The van der Waals surface area contributed by atoms with Crippen LogP contribution in [0.4, 0.5) is 0 Å². The van der Waals surface area contributed by atoms with E-state index < -0.39 is 10.1 Å². The van der Waals surface area contributed by atoms with E-state index in [1.54, 1.807) is 6.92 Å². The van der Waals surface area contributed by atoms with Gasteiger partial charge in [-0.3, -0.25) is 9.52 Å². The van der Waals surface area contributed by atoms with Gasteiger partial charge in [0.05, 0.1) is 5.75 Å². The number of carbonyl (C=O) groups is 1. The van der Waals surface area contributed by atoms with Crippen molar-refractivity contribution in [2.45, 2.75) is 19.4 Å². The molecule has 0 aliphatic carbocycles. The van der Waals surface area contributed by atoms with Crippen LogP contribution in [-0.2, 0) is 19.1 Å². The number of nitrogens with one attached hydrogen (secondary N) is 1. The second kappa shape index (κ2) is 8.07. The second-order valence-electron chi connectivity index (χ2n) is 2.27. The Bertz CT molecular complexity index is 236. The van der Waals surface area contributed by atoms with Crippen LogP contribution < -0.4 is 34.3 Å². The minimum Gasteiger partial charge on any atom is -1.00 e. The first-order valence-corrected chi connectivity index (χ1v) is 5.28. The summed E-state index contributed by atoms with van der Waals surface area (Å²) in [5.41, 5.74) is 0. The molecular formula is C5H12NNaO4S2. The van der Waals surface area contributed by atoms with E-state index in [1.807, 2.05) is 0 Å². The molecule has 0 aliphatic heterocycles. The molecule has 13 heavy (non-hydrogen) atoms. The van der Waals surface area contributed by atoms with E-state index in [9.17, 15) is 13.2 Å². The van der Waals surface area contributed by atoms with Gasteiger partial charge in [-0.25, -0.2) is 0 Å². The van der Waals surface area contributed by atoms with Gasteiger partial charge in [-0.2, -0.15) is 8.42 Å². The minimum absolute atomic E-state index is 0. The molecule has 1 atom stereocenters. The molecule has 0 aromatic rings. The Balaban J connectivity index is -0.000000605. The predicted molar refractivity (Wildman–Crippen MR) is 48.2 cm³/mol. The van der Waals surface area contributed by atoms with Gasteiger partial charge in [-0.15, -0.1) is 0 Å². The fourth-order valence-electron chi connectivity index (χ4n) is 0.494. The molecule has 0 aliphatic rings. The van der Waals surface area contributed by atoms with Crippen molar-refractivity contribution in [3.63, 3.8) is 0 Å². The van der Waals surface area contributed by atoms with Crippen molar-refractivity contribution in [1.29, 1.82) is 0 Å². The first-order valence-electron chi connectivity index (χ1n) is 3.26. The SMILES string of the molecule is CC(CCS(=O)(=O)OC=O)NS.[H-].[Na+]. The van der Waals surface area contributed by atoms with Crippen LogP contribution in [0.3, 0.4) is 0 Å². The number of rotatable bonds is 6. The normalized spacial score (nSPS) is 12.8. The van der Waals surface area contributed by atoms with Gasteiger partial charge in [-0.05, 0) is 13.3 Å². The second-order valence-corrected chi connectivity index (χ2v) is 4.25. The molecular weight excluding hydrogens is 225 g/mol. The number of carbonyl (C=O) groups excluding carboxylic acids is 1. The summed E-state index contributed by atoms with van der Waals surface area (Å²) >= 11 is 3.74. The van der Waals surface area contributed by atoms with Crippen molar-refractivity contribution < 1.29 is 48.4 Å². The third-order valence-electron chi connectivity index (χ3n) is 1.21. The van der Waals surface area contributed by atoms with Gasteiger partial charge in [0.1, 0.15) is 0 Å². The topological polar surface area (TPSA) is 72.5 Å². The van der Waals surface area contributed by atoms with Crippen LogP contribution in [0.1, 0.15) is 14.8 Å². The van der Waals surface area contributed by atoms with Gasteiger partial charge in [0.2, 0.25) is 0 Å². The quantitative estimate of drug-likeness (QED) is 0.220. The molecule has 0 spiro atoms. The molecule has 0 radical (unpaired) electrons. The predicted octanol–water partition coefficient (Wildman–Crippen LogP) is -3.18. The van der Waals surface area contributed by atoms with Crippen molar-refractivity contribution in [3.05, 3.63) is 0 Å². The molecule has 0 heterocycles. The maximum atomic E-state index is 10.7. The Morgan fingerprint density at radius 1 is 1.69 bits per heavy atom.